The Kier molecular flexibility index (Phi) is 7.71. The quantitative estimate of drug-likeness (QED) is 0.508. The monoisotopic (exact) mass is 379 g/mol. The molecule has 0 aliphatic rings. The maximum atomic E-state index is 12.4. The average molecular weight is 380 g/mol. The van der Waals surface area contributed by atoms with E-state index in [2.05, 4.69) is 36.3 Å². The van der Waals surface area contributed by atoms with E-state index in [0.29, 0.717) is 23.2 Å². The smallest absolute Gasteiger partial charge is 0.267 e. The van der Waals surface area contributed by atoms with Crippen molar-refractivity contribution in [3.8, 4) is 5.75 Å². The van der Waals surface area contributed by atoms with Gasteiger partial charge in [-0.25, -0.2) is 0 Å². The molecule has 136 valence electrons. The minimum Gasteiger partial charge on any atom is -0.481 e. The fourth-order valence-corrected chi connectivity index (χ4v) is 3.76. The molecule has 1 aromatic carbocycles. The Bertz CT molecular complexity index is 671. The van der Waals surface area contributed by atoms with E-state index in [1.807, 2.05) is 31.2 Å². The number of aromatic nitrogens is 2. The zero-order valence-corrected chi connectivity index (χ0v) is 16.7. The normalized spacial score (nSPS) is 12.2. The Morgan fingerprint density at radius 1 is 1.24 bits per heavy atom. The highest BCUT2D eigenvalue weighted by Crippen LogP contribution is 2.27. The number of nitrogens with one attached hydrogen (secondary N) is 1. The van der Waals surface area contributed by atoms with Crippen LogP contribution in [0.25, 0.3) is 0 Å². The van der Waals surface area contributed by atoms with Gasteiger partial charge in [0.25, 0.3) is 5.91 Å². The molecule has 0 saturated carbocycles. The topological polar surface area (TPSA) is 64.1 Å². The summed E-state index contributed by atoms with van der Waals surface area (Å²) in [6.45, 7) is 8.35. The third-order valence-electron chi connectivity index (χ3n) is 3.45. The van der Waals surface area contributed by atoms with Crippen molar-refractivity contribution in [1.82, 2.24) is 10.2 Å². The highest BCUT2D eigenvalue weighted by atomic mass is 32.2. The molecule has 1 aromatic heterocycles. The standard InChI is InChI=1S/C18H25N3O2S2/c1-5-13-7-9-14(10-8-13)23-15(6-2)16(22)19-17-20-21-18(25-17)24-11-12(3)4/h7-10,12,15H,5-6,11H2,1-4H3,(H,19,20,22). The van der Waals surface area contributed by atoms with Gasteiger partial charge in [0, 0.05) is 5.75 Å². The van der Waals surface area contributed by atoms with Crippen molar-refractivity contribution in [1.29, 1.82) is 0 Å². The minimum atomic E-state index is -0.553. The maximum Gasteiger partial charge on any atom is 0.267 e. The summed E-state index contributed by atoms with van der Waals surface area (Å²) < 4.78 is 6.69. The lowest BCUT2D eigenvalue weighted by molar-refractivity contribution is -0.122. The first-order valence-corrected chi connectivity index (χ1v) is 10.3. The number of thioether (sulfide) groups is 1. The van der Waals surface area contributed by atoms with Gasteiger partial charge in [-0.1, -0.05) is 62.9 Å². The van der Waals surface area contributed by atoms with Crippen LogP contribution in [0.1, 0.15) is 39.7 Å². The molecule has 2 aromatic rings. The highest BCUT2D eigenvalue weighted by Gasteiger charge is 2.20. The number of aryl methyl sites for hydroxylation is 1. The summed E-state index contributed by atoms with van der Waals surface area (Å²) >= 11 is 3.05. The predicted octanol–water partition coefficient (Wildman–Crippen LogP) is 4.64. The molecule has 0 aliphatic carbocycles. The van der Waals surface area contributed by atoms with Crippen LogP contribution in [0.15, 0.2) is 28.6 Å². The van der Waals surface area contributed by atoms with Crippen LogP contribution >= 0.6 is 23.1 Å². The predicted molar refractivity (Wildman–Crippen MR) is 105 cm³/mol. The summed E-state index contributed by atoms with van der Waals surface area (Å²) in [4.78, 5) is 12.4. The zero-order chi connectivity index (χ0) is 18.2. The van der Waals surface area contributed by atoms with Gasteiger partial charge in [-0.2, -0.15) is 0 Å². The van der Waals surface area contributed by atoms with E-state index in [4.69, 9.17) is 4.74 Å². The van der Waals surface area contributed by atoms with E-state index in [0.717, 1.165) is 16.5 Å². The van der Waals surface area contributed by atoms with E-state index in [9.17, 15) is 4.79 Å². The Hall–Kier alpha value is -1.60. The maximum absolute atomic E-state index is 12.4. The highest BCUT2D eigenvalue weighted by molar-refractivity contribution is 8.01. The number of carbonyl (C=O) groups excluding carboxylic acids is 1. The van der Waals surface area contributed by atoms with Crippen LogP contribution in [0.2, 0.25) is 0 Å². The van der Waals surface area contributed by atoms with Gasteiger partial charge >= 0.3 is 0 Å². The van der Waals surface area contributed by atoms with Gasteiger partial charge in [-0.15, -0.1) is 10.2 Å². The summed E-state index contributed by atoms with van der Waals surface area (Å²) in [5, 5.41) is 11.5. The van der Waals surface area contributed by atoms with Crippen LogP contribution in [0.5, 0.6) is 5.75 Å². The molecule has 0 saturated heterocycles. The first-order chi connectivity index (χ1) is 12.0. The van der Waals surface area contributed by atoms with Crippen LogP contribution < -0.4 is 10.1 Å². The summed E-state index contributed by atoms with van der Waals surface area (Å²) in [5.74, 6) is 2.07. The van der Waals surface area contributed by atoms with Crippen molar-refractivity contribution in [2.45, 2.75) is 51.0 Å². The number of anilines is 1. The molecular formula is C18H25N3O2S2. The van der Waals surface area contributed by atoms with E-state index in [1.165, 1.54) is 16.9 Å². The van der Waals surface area contributed by atoms with Gasteiger partial charge in [0.15, 0.2) is 10.4 Å². The number of amides is 1. The lowest BCUT2D eigenvalue weighted by Gasteiger charge is -2.16. The van der Waals surface area contributed by atoms with Crippen molar-refractivity contribution >= 4 is 34.1 Å². The number of hydrogen-bond acceptors (Lipinski definition) is 6. The molecule has 7 heteroatoms. The van der Waals surface area contributed by atoms with Gasteiger partial charge in [0.05, 0.1) is 0 Å². The third kappa shape index (κ3) is 6.32. The number of carbonyl (C=O) groups is 1. The van der Waals surface area contributed by atoms with Crippen molar-refractivity contribution in [3.63, 3.8) is 0 Å². The molecule has 1 heterocycles. The van der Waals surface area contributed by atoms with Crippen LogP contribution in [0.4, 0.5) is 5.13 Å². The number of benzene rings is 1. The molecule has 2 rings (SSSR count). The molecule has 1 amide bonds. The first kappa shape index (κ1) is 19.7. The molecule has 1 atom stereocenters. The van der Waals surface area contributed by atoms with E-state index in [1.54, 1.807) is 11.8 Å². The average Bonchev–Trinajstić information content (AvgIpc) is 3.05. The van der Waals surface area contributed by atoms with Crippen molar-refractivity contribution in [3.05, 3.63) is 29.8 Å². The number of hydrogen-bond donors (Lipinski definition) is 1. The van der Waals surface area contributed by atoms with E-state index < -0.39 is 6.10 Å². The molecule has 0 aliphatic heterocycles. The minimum absolute atomic E-state index is 0.196. The van der Waals surface area contributed by atoms with Gasteiger partial charge in [0.2, 0.25) is 5.13 Å². The van der Waals surface area contributed by atoms with E-state index >= 15 is 0 Å². The largest absolute Gasteiger partial charge is 0.481 e. The first-order valence-electron chi connectivity index (χ1n) is 8.54. The molecule has 0 fully saturated rings. The number of nitrogens with zero attached hydrogens (tertiary/aromatic N) is 2. The summed E-state index contributed by atoms with van der Waals surface area (Å²) in [7, 11) is 0. The van der Waals surface area contributed by atoms with Gasteiger partial charge in [-0.3, -0.25) is 10.1 Å². The molecular weight excluding hydrogens is 354 g/mol. The fourth-order valence-electron chi connectivity index (χ4n) is 2.03. The summed E-state index contributed by atoms with van der Waals surface area (Å²) in [6, 6.07) is 7.84. The number of ether oxygens (including phenoxy) is 1. The Balaban J connectivity index is 1.92. The summed E-state index contributed by atoms with van der Waals surface area (Å²) in [5.41, 5.74) is 1.24. The van der Waals surface area contributed by atoms with Crippen LogP contribution in [-0.4, -0.2) is 28.0 Å². The van der Waals surface area contributed by atoms with Crippen LogP contribution in [-0.2, 0) is 11.2 Å². The van der Waals surface area contributed by atoms with Crippen molar-refractivity contribution in [2.24, 2.45) is 5.92 Å². The van der Waals surface area contributed by atoms with Crippen LogP contribution in [0.3, 0.4) is 0 Å². The molecule has 0 spiro atoms. The van der Waals surface area contributed by atoms with Crippen molar-refractivity contribution < 1.29 is 9.53 Å². The Morgan fingerprint density at radius 3 is 2.56 bits per heavy atom. The Morgan fingerprint density at radius 2 is 1.96 bits per heavy atom. The second-order valence-corrected chi connectivity index (χ2v) is 8.32. The molecule has 0 radical (unpaired) electrons. The van der Waals surface area contributed by atoms with Gasteiger partial charge < -0.3 is 4.74 Å². The SMILES string of the molecule is CCc1ccc(OC(CC)C(=O)Nc2nnc(SCC(C)C)s2)cc1. The second kappa shape index (κ2) is 9.77. The molecule has 5 nitrogen and oxygen atoms in total. The lowest BCUT2D eigenvalue weighted by atomic mass is 10.2. The zero-order valence-electron chi connectivity index (χ0n) is 15.1. The molecule has 1 N–H and O–H groups in total. The van der Waals surface area contributed by atoms with Gasteiger partial charge in [0.1, 0.15) is 5.75 Å². The summed E-state index contributed by atoms with van der Waals surface area (Å²) in [6.07, 6.45) is 1.00. The third-order valence-corrected chi connectivity index (χ3v) is 5.85. The molecule has 25 heavy (non-hydrogen) atoms. The molecule has 1 unspecified atom stereocenters. The fraction of sp³-hybridized carbons (Fsp3) is 0.500. The lowest BCUT2D eigenvalue weighted by Crippen LogP contribution is -2.32. The number of rotatable bonds is 9. The van der Waals surface area contributed by atoms with Crippen LogP contribution in [0, 0.1) is 5.92 Å². The van der Waals surface area contributed by atoms with Crippen molar-refractivity contribution in [2.75, 3.05) is 11.1 Å². The van der Waals surface area contributed by atoms with E-state index in [-0.39, 0.29) is 5.91 Å². The Labute approximate surface area is 157 Å². The second-order valence-electron chi connectivity index (χ2n) is 6.08. The molecule has 0 bridgehead atoms. The van der Waals surface area contributed by atoms with Gasteiger partial charge in [-0.05, 0) is 36.5 Å².